The van der Waals surface area contributed by atoms with Crippen LogP contribution in [-0.4, -0.2) is 5.78 Å². The van der Waals surface area contributed by atoms with Gasteiger partial charge in [0.05, 0.1) is 0 Å². The van der Waals surface area contributed by atoms with Gasteiger partial charge in [0, 0.05) is 10.9 Å². The first kappa shape index (κ1) is 12.4. The van der Waals surface area contributed by atoms with E-state index in [9.17, 15) is 4.79 Å². The average molecular weight is 269 g/mol. The van der Waals surface area contributed by atoms with Crippen LogP contribution in [0.3, 0.4) is 0 Å². The summed E-state index contributed by atoms with van der Waals surface area (Å²) in [6.07, 6.45) is 2.64. The van der Waals surface area contributed by atoms with Crippen molar-refractivity contribution in [3.05, 3.63) is 33.3 Å². The van der Waals surface area contributed by atoms with Crippen LogP contribution < -0.4 is 0 Å². The molecule has 0 saturated heterocycles. The first-order valence-electron chi connectivity index (χ1n) is 5.25. The van der Waals surface area contributed by atoms with Gasteiger partial charge in [-0.15, -0.1) is 0 Å². The number of hydrogen-bond acceptors (Lipinski definition) is 1. The van der Waals surface area contributed by atoms with E-state index in [2.05, 4.69) is 41.9 Å². The van der Waals surface area contributed by atoms with E-state index >= 15 is 0 Å². The molecule has 82 valence electrons. The van der Waals surface area contributed by atoms with Crippen molar-refractivity contribution in [1.29, 1.82) is 0 Å². The van der Waals surface area contributed by atoms with Crippen molar-refractivity contribution in [2.24, 2.45) is 0 Å². The van der Waals surface area contributed by atoms with Gasteiger partial charge in [0.15, 0.2) is 0 Å². The number of carbonyl (C=O) groups is 1. The summed E-state index contributed by atoms with van der Waals surface area (Å²) in [5.74, 6) is 0.278. The van der Waals surface area contributed by atoms with E-state index in [1.54, 1.807) is 6.92 Å². The highest BCUT2D eigenvalue weighted by atomic mass is 79.9. The maximum absolute atomic E-state index is 10.8. The number of aryl methyl sites for hydroxylation is 3. The van der Waals surface area contributed by atoms with E-state index in [1.807, 2.05) is 0 Å². The molecule has 0 fully saturated rings. The van der Waals surface area contributed by atoms with Crippen LogP contribution in [0.2, 0.25) is 0 Å². The van der Waals surface area contributed by atoms with Crippen LogP contribution in [0.25, 0.3) is 0 Å². The molecule has 1 aromatic carbocycles. The molecule has 0 bridgehead atoms. The number of Topliss-reactive ketones (excluding diaryl/α,β-unsaturated/α-hetero) is 1. The van der Waals surface area contributed by atoms with Crippen molar-refractivity contribution in [2.75, 3.05) is 0 Å². The second-order valence-electron chi connectivity index (χ2n) is 4.10. The highest BCUT2D eigenvalue weighted by molar-refractivity contribution is 9.10. The maximum atomic E-state index is 10.8. The lowest BCUT2D eigenvalue weighted by Crippen LogP contribution is -1.94. The Morgan fingerprint density at radius 2 is 1.80 bits per heavy atom. The summed E-state index contributed by atoms with van der Waals surface area (Å²) in [6, 6.07) is 4.38. The van der Waals surface area contributed by atoms with Crippen molar-refractivity contribution in [1.82, 2.24) is 0 Å². The Hall–Kier alpha value is -0.630. The highest BCUT2D eigenvalue weighted by Crippen LogP contribution is 2.23. The zero-order chi connectivity index (χ0) is 11.4. The average Bonchev–Trinajstić information content (AvgIpc) is 2.13. The molecular formula is C13H17BrO. The lowest BCUT2D eigenvalue weighted by atomic mass is 10.0. The monoisotopic (exact) mass is 268 g/mol. The predicted octanol–water partition coefficient (Wildman–Crippen LogP) is 3.98. The Morgan fingerprint density at radius 3 is 2.27 bits per heavy atom. The summed E-state index contributed by atoms with van der Waals surface area (Å²) in [5, 5.41) is 0. The molecule has 0 N–H and O–H groups in total. The molecule has 0 aliphatic heterocycles. The molecule has 0 saturated carbocycles. The van der Waals surface area contributed by atoms with Crippen molar-refractivity contribution < 1.29 is 4.79 Å². The zero-order valence-electron chi connectivity index (χ0n) is 9.56. The number of benzene rings is 1. The van der Waals surface area contributed by atoms with Crippen molar-refractivity contribution in [3.63, 3.8) is 0 Å². The fourth-order valence-electron chi connectivity index (χ4n) is 1.72. The molecule has 2 heteroatoms. The molecule has 1 rings (SSSR count). The van der Waals surface area contributed by atoms with Crippen LogP contribution in [0, 0.1) is 13.8 Å². The molecule has 1 nitrogen and oxygen atoms in total. The molecule has 0 aromatic heterocycles. The SMILES string of the molecule is CC(=O)CCCc1cc(C)c(Br)c(C)c1. The van der Waals surface area contributed by atoms with Crippen LogP contribution in [0.1, 0.15) is 36.5 Å². The summed E-state index contributed by atoms with van der Waals surface area (Å²) < 4.78 is 1.19. The molecule has 0 aliphatic carbocycles. The van der Waals surface area contributed by atoms with Gasteiger partial charge in [-0.05, 0) is 50.3 Å². The first-order chi connectivity index (χ1) is 7.00. The molecule has 1 aromatic rings. The zero-order valence-corrected chi connectivity index (χ0v) is 11.1. The molecule has 0 spiro atoms. The first-order valence-corrected chi connectivity index (χ1v) is 6.05. The molecule has 0 aliphatic rings. The number of hydrogen-bond donors (Lipinski definition) is 0. The van der Waals surface area contributed by atoms with Crippen LogP contribution in [0.5, 0.6) is 0 Å². The normalized spacial score (nSPS) is 10.4. The van der Waals surface area contributed by atoms with Gasteiger partial charge in [0.2, 0.25) is 0 Å². The second kappa shape index (κ2) is 5.45. The van der Waals surface area contributed by atoms with Crippen molar-refractivity contribution in [2.45, 2.75) is 40.0 Å². The van der Waals surface area contributed by atoms with Crippen LogP contribution in [0.15, 0.2) is 16.6 Å². The molecule has 0 unspecified atom stereocenters. The third kappa shape index (κ3) is 3.78. The Kier molecular flexibility index (Phi) is 4.52. The van der Waals surface area contributed by atoms with Crippen molar-refractivity contribution >= 4 is 21.7 Å². The number of ketones is 1. The smallest absolute Gasteiger partial charge is 0.129 e. The largest absolute Gasteiger partial charge is 0.300 e. The van der Waals surface area contributed by atoms with Gasteiger partial charge in [-0.3, -0.25) is 0 Å². The standard InChI is InChI=1S/C13H17BrO/c1-9-7-12(6-4-5-11(3)15)8-10(2)13(9)14/h7-8H,4-6H2,1-3H3. The maximum Gasteiger partial charge on any atom is 0.129 e. The third-order valence-corrected chi connectivity index (χ3v) is 3.74. The van der Waals surface area contributed by atoms with Gasteiger partial charge >= 0.3 is 0 Å². The van der Waals surface area contributed by atoms with Gasteiger partial charge in [0.25, 0.3) is 0 Å². The van der Waals surface area contributed by atoms with Crippen LogP contribution in [0.4, 0.5) is 0 Å². The number of halogens is 1. The summed E-state index contributed by atoms with van der Waals surface area (Å²) in [5.41, 5.74) is 3.87. The van der Waals surface area contributed by atoms with Crippen LogP contribution in [-0.2, 0) is 11.2 Å². The minimum Gasteiger partial charge on any atom is -0.300 e. The van der Waals surface area contributed by atoms with Crippen LogP contribution >= 0.6 is 15.9 Å². The molecule has 0 amide bonds. The lowest BCUT2D eigenvalue weighted by Gasteiger charge is -2.07. The topological polar surface area (TPSA) is 17.1 Å². The van der Waals surface area contributed by atoms with E-state index in [0.29, 0.717) is 6.42 Å². The minimum absolute atomic E-state index is 0.278. The van der Waals surface area contributed by atoms with Gasteiger partial charge in [-0.2, -0.15) is 0 Å². The molecule has 15 heavy (non-hydrogen) atoms. The Balaban J connectivity index is 2.66. The predicted molar refractivity (Wildman–Crippen MR) is 67.2 cm³/mol. The molecule has 0 heterocycles. The fraction of sp³-hybridized carbons (Fsp3) is 0.462. The molecular weight excluding hydrogens is 252 g/mol. The highest BCUT2D eigenvalue weighted by Gasteiger charge is 2.02. The number of rotatable bonds is 4. The Labute approximate surface area is 100 Å². The van der Waals surface area contributed by atoms with Gasteiger partial charge in [-0.1, -0.05) is 28.1 Å². The summed E-state index contributed by atoms with van der Waals surface area (Å²) >= 11 is 3.55. The molecule has 0 atom stereocenters. The van der Waals surface area contributed by atoms with E-state index in [0.717, 1.165) is 12.8 Å². The van der Waals surface area contributed by atoms with Gasteiger partial charge in [0.1, 0.15) is 5.78 Å². The minimum atomic E-state index is 0.278. The van der Waals surface area contributed by atoms with Crippen molar-refractivity contribution in [3.8, 4) is 0 Å². The van der Waals surface area contributed by atoms with E-state index in [-0.39, 0.29) is 5.78 Å². The summed E-state index contributed by atoms with van der Waals surface area (Å²) in [6.45, 7) is 5.86. The van der Waals surface area contributed by atoms with E-state index in [4.69, 9.17) is 0 Å². The fourth-order valence-corrected chi connectivity index (χ4v) is 1.95. The van der Waals surface area contributed by atoms with E-state index < -0.39 is 0 Å². The van der Waals surface area contributed by atoms with E-state index in [1.165, 1.54) is 21.2 Å². The van der Waals surface area contributed by atoms with Gasteiger partial charge in [-0.25, -0.2) is 0 Å². The van der Waals surface area contributed by atoms with Gasteiger partial charge < -0.3 is 4.79 Å². The lowest BCUT2D eigenvalue weighted by molar-refractivity contribution is -0.117. The third-order valence-electron chi connectivity index (χ3n) is 2.49. The quantitative estimate of drug-likeness (QED) is 0.808. The Bertz CT molecular complexity index is 346. The number of carbonyl (C=O) groups excluding carboxylic acids is 1. The summed E-state index contributed by atoms with van der Waals surface area (Å²) in [7, 11) is 0. The Morgan fingerprint density at radius 1 is 1.27 bits per heavy atom. The molecule has 0 radical (unpaired) electrons. The summed E-state index contributed by atoms with van der Waals surface area (Å²) in [4.78, 5) is 10.8. The second-order valence-corrected chi connectivity index (χ2v) is 4.89.